The van der Waals surface area contributed by atoms with E-state index < -0.39 is 4.92 Å². The second kappa shape index (κ2) is 6.04. The number of rotatable bonds is 5. The van der Waals surface area contributed by atoms with Gasteiger partial charge in [0.25, 0.3) is 5.69 Å². The van der Waals surface area contributed by atoms with Crippen LogP contribution in [-0.2, 0) is 4.79 Å². The predicted molar refractivity (Wildman–Crippen MR) is 84.2 cm³/mol. The summed E-state index contributed by atoms with van der Waals surface area (Å²) in [5.41, 5.74) is 0.996. The molecule has 1 aliphatic carbocycles. The lowest BCUT2D eigenvalue weighted by Gasteiger charge is -2.08. The summed E-state index contributed by atoms with van der Waals surface area (Å²) in [6, 6.07) is 7.96. The number of nitrogens with one attached hydrogen (secondary N) is 1. The standard InChI is InChI=1S/C16H15N3O4/c1-23-12-4-5-13(14(9-12)19(21)22)11-6-7-17-15(8-11)18-16(20)10-2-3-10/h4-10H,2-3H2,1H3,(H,17,18,20). The number of amides is 1. The van der Waals surface area contributed by atoms with E-state index in [4.69, 9.17) is 4.74 Å². The van der Waals surface area contributed by atoms with Crippen LogP contribution in [0.25, 0.3) is 11.1 Å². The number of nitrogens with zero attached hydrogens (tertiary/aromatic N) is 2. The van der Waals surface area contributed by atoms with E-state index in [2.05, 4.69) is 10.3 Å². The number of hydrogen-bond donors (Lipinski definition) is 1. The Bertz CT molecular complexity index is 772. The van der Waals surface area contributed by atoms with Crippen LogP contribution in [0.4, 0.5) is 11.5 Å². The van der Waals surface area contributed by atoms with Crippen LogP contribution < -0.4 is 10.1 Å². The molecule has 118 valence electrons. The second-order valence-electron chi connectivity index (χ2n) is 5.33. The smallest absolute Gasteiger partial charge is 0.280 e. The van der Waals surface area contributed by atoms with Gasteiger partial charge >= 0.3 is 0 Å². The van der Waals surface area contributed by atoms with Crippen LogP contribution in [0.2, 0.25) is 0 Å². The Labute approximate surface area is 132 Å². The first kappa shape index (κ1) is 15.0. The fourth-order valence-corrected chi connectivity index (χ4v) is 2.27. The molecule has 0 spiro atoms. The third kappa shape index (κ3) is 3.28. The normalized spacial score (nSPS) is 13.4. The first-order chi connectivity index (χ1) is 11.1. The summed E-state index contributed by atoms with van der Waals surface area (Å²) in [6.07, 6.45) is 3.32. The number of methoxy groups -OCH3 is 1. The van der Waals surface area contributed by atoms with Crippen LogP contribution in [0.3, 0.4) is 0 Å². The zero-order valence-corrected chi connectivity index (χ0v) is 12.5. The molecule has 2 aromatic rings. The Balaban J connectivity index is 1.94. The third-order valence-electron chi connectivity index (χ3n) is 3.67. The number of pyridine rings is 1. The molecule has 0 aliphatic heterocycles. The van der Waals surface area contributed by atoms with E-state index >= 15 is 0 Å². The molecule has 1 amide bonds. The van der Waals surface area contributed by atoms with Crippen molar-refractivity contribution < 1.29 is 14.5 Å². The lowest BCUT2D eigenvalue weighted by molar-refractivity contribution is -0.384. The third-order valence-corrected chi connectivity index (χ3v) is 3.67. The van der Waals surface area contributed by atoms with Gasteiger partial charge in [-0.2, -0.15) is 0 Å². The van der Waals surface area contributed by atoms with Gasteiger partial charge in [0.15, 0.2) is 0 Å². The molecule has 0 atom stereocenters. The highest BCUT2D eigenvalue weighted by Gasteiger charge is 2.29. The topological polar surface area (TPSA) is 94.4 Å². The van der Waals surface area contributed by atoms with Gasteiger partial charge in [0.1, 0.15) is 11.6 Å². The molecule has 1 aromatic carbocycles. The Morgan fingerprint density at radius 2 is 2.13 bits per heavy atom. The Hall–Kier alpha value is -2.96. The molecule has 1 fully saturated rings. The largest absolute Gasteiger partial charge is 0.497 e. The Morgan fingerprint density at radius 3 is 2.78 bits per heavy atom. The van der Waals surface area contributed by atoms with Gasteiger partial charge in [0, 0.05) is 12.1 Å². The molecule has 0 saturated heterocycles. The SMILES string of the molecule is COc1ccc(-c2ccnc(NC(=O)C3CC3)c2)c([N+](=O)[O-])c1. The number of nitro benzene ring substituents is 1. The molecule has 1 heterocycles. The lowest BCUT2D eigenvalue weighted by Crippen LogP contribution is -2.14. The fourth-order valence-electron chi connectivity index (χ4n) is 2.27. The van der Waals surface area contributed by atoms with Gasteiger partial charge in [-0.25, -0.2) is 4.98 Å². The zero-order chi connectivity index (χ0) is 16.4. The highest BCUT2D eigenvalue weighted by atomic mass is 16.6. The summed E-state index contributed by atoms with van der Waals surface area (Å²) in [5.74, 6) is 0.816. The number of anilines is 1. The van der Waals surface area contributed by atoms with Gasteiger partial charge in [0.2, 0.25) is 5.91 Å². The molecule has 23 heavy (non-hydrogen) atoms. The van der Waals surface area contributed by atoms with E-state index in [0.29, 0.717) is 22.7 Å². The number of carbonyl (C=O) groups excluding carboxylic acids is 1. The lowest BCUT2D eigenvalue weighted by atomic mass is 10.0. The van der Waals surface area contributed by atoms with Crippen molar-refractivity contribution in [1.82, 2.24) is 4.98 Å². The minimum Gasteiger partial charge on any atom is -0.497 e. The van der Waals surface area contributed by atoms with Crippen LogP contribution in [0.15, 0.2) is 36.5 Å². The van der Waals surface area contributed by atoms with Crippen molar-refractivity contribution in [3.05, 3.63) is 46.6 Å². The summed E-state index contributed by atoms with van der Waals surface area (Å²) < 4.78 is 5.03. The summed E-state index contributed by atoms with van der Waals surface area (Å²) in [7, 11) is 1.46. The molecular weight excluding hydrogens is 298 g/mol. The highest BCUT2D eigenvalue weighted by Crippen LogP contribution is 2.34. The first-order valence-corrected chi connectivity index (χ1v) is 7.18. The van der Waals surface area contributed by atoms with Gasteiger partial charge in [-0.3, -0.25) is 14.9 Å². The van der Waals surface area contributed by atoms with E-state index in [-0.39, 0.29) is 17.5 Å². The molecule has 1 aromatic heterocycles. The quantitative estimate of drug-likeness (QED) is 0.676. The van der Waals surface area contributed by atoms with E-state index in [1.807, 2.05) is 0 Å². The van der Waals surface area contributed by atoms with Gasteiger partial charge in [0.05, 0.1) is 23.7 Å². The number of aromatic nitrogens is 1. The van der Waals surface area contributed by atoms with Crippen molar-refractivity contribution in [3.63, 3.8) is 0 Å². The van der Waals surface area contributed by atoms with Crippen LogP contribution in [-0.4, -0.2) is 22.9 Å². The summed E-state index contributed by atoms with van der Waals surface area (Å²) in [6.45, 7) is 0. The van der Waals surface area contributed by atoms with Crippen molar-refractivity contribution in [2.75, 3.05) is 12.4 Å². The summed E-state index contributed by atoms with van der Waals surface area (Å²) >= 11 is 0. The summed E-state index contributed by atoms with van der Waals surface area (Å²) in [4.78, 5) is 26.7. The molecule has 1 N–H and O–H groups in total. The average molecular weight is 313 g/mol. The monoisotopic (exact) mass is 313 g/mol. The number of nitro groups is 1. The second-order valence-corrected chi connectivity index (χ2v) is 5.33. The Kier molecular flexibility index (Phi) is 3.92. The fraction of sp³-hybridized carbons (Fsp3) is 0.250. The number of ether oxygens (including phenoxy) is 1. The zero-order valence-electron chi connectivity index (χ0n) is 12.5. The maximum absolute atomic E-state index is 11.8. The van der Waals surface area contributed by atoms with Gasteiger partial charge in [-0.05, 0) is 42.7 Å². The van der Waals surface area contributed by atoms with Crippen molar-refractivity contribution in [3.8, 4) is 16.9 Å². The maximum atomic E-state index is 11.8. The van der Waals surface area contributed by atoms with E-state index in [1.165, 1.54) is 19.4 Å². The highest BCUT2D eigenvalue weighted by molar-refractivity contribution is 5.93. The minimum absolute atomic E-state index is 0.0566. The number of benzene rings is 1. The van der Waals surface area contributed by atoms with Gasteiger partial charge in [-0.15, -0.1) is 0 Å². The van der Waals surface area contributed by atoms with Crippen LogP contribution in [0.1, 0.15) is 12.8 Å². The molecule has 7 heteroatoms. The minimum atomic E-state index is -0.458. The number of carbonyl (C=O) groups is 1. The van der Waals surface area contributed by atoms with Crippen LogP contribution in [0, 0.1) is 16.0 Å². The van der Waals surface area contributed by atoms with E-state index in [1.54, 1.807) is 24.3 Å². The number of hydrogen-bond acceptors (Lipinski definition) is 5. The van der Waals surface area contributed by atoms with Crippen molar-refractivity contribution in [1.29, 1.82) is 0 Å². The van der Waals surface area contributed by atoms with Crippen molar-refractivity contribution in [2.24, 2.45) is 5.92 Å². The van der Waals surface area contributed by atoms with Gasteiger partial charge < -0.3 is 10.1 Å². The first-order valence-electron chi connectivity index (χ1n) is 7.18. The van der Waals surface area contributed by atoms with E-state index in [0.717, 1.165) is 12.8 Å². The average Bonchev–Trinajstić information content (AvgIpc) is 3.39. The van der Waals surface area contributed by atoms with Crippen molar-refractivity contribution >= 4 is 17.4 Å². The van der Waals surface area contributed by atoms with Gasteiger partial charge in [-0.1, -0.05) is 0 Å². The van der Waals surface area contributed by atoms with Crippen LogP contribution >= 0.6 is 0 Å². The predicted octanol–water partition coefficient (Wildman–Crippen LogP) is 3.01. The van der Waals surface area contributed by atoms with E-state index in [9.17, 15) is 14.9 Å². The molecule has 1 saturated carbocycles. The summed E-state index contributed by atoms with van der Waals surface area (Å²) in [5, 5.41) is 14.0. The molecule has 0 unspecified atom stereocenters. The molecule has 3 rings (SSSR count). The Morgan fingerprint density at radius 1 is 1.35 bits per heavy atom. The molecule has 0 bridgehead atoms. The maximum Gasteiger partial charge on any atom is 0.280 e. The molecule has 1 aliphatic rings. The van der Waals surface area contributed by atoms with Crippen LogP contribution in [0.5, 0.6) is 5.75 Å². The molecular formula is C16H15N3O4. The van der Waals surface area contributed by atoms with Crippen molar-refractivity contribution in [2.45, 2.75) is 12.8 Å². The molecule has 0 radical (unpaired) electrons. The molecule has 7 nitrogen and oxygen atoms in total.